The fourth-order valence-electron chi connectivity index (χ4n) is 8.04. The van der Waals surface area contributed by atoms with Gasteiger partial charge in [-0.3, -0.25) is 0 Å². The average molecular weight is 917 g/mol. The van der Waals surface area contributed by atoms with Crippen molar-refractivity contribution in [2.24, 2.45) is 0 Å². The lowest BCUT2D eigenvalue weighted by Crippen LogP contribution is -2.03. The molecule has 2 nitrogen and oxygen atoms in total. The summed E-state index contributed by atoms with van der Waals surface area (Å²) >= 11 is 0. The van der Waals surface area contributed by atoms with Crippen molar-refractivity contribution < 1.29 is 44.6 Å². The van der Waals surface area contributed by atoms with Crippen molar-refractivity contribution in [3.63, 3.8) is 0 Å². The first kappa shape index (κ1) is 48.0. The molecule has 8 rings (SSSR count). The summed E-state index contributed by atoms with van der Waals surface area (Å²) in [6.45, 7) is -0.291. The van der Waals surface area contributed by atoms with Crippen molar-refractivity contribution in [3.05, 3.63) is 193 Å². The third kappa shape index (κ3) is 12.5. The van der Waals surface area contributed by atoms with Gasteiger partial charge in [0.15, 0.2) is 23.1 Å². The molecule has 0 spiro atoms. The Balaban J connectivity index is 0.000000200. The van der Waals surface area contributed by atoms with Gasteiger partial charge in [0.25, 0.3) is 0 Å². The van der Waals surface area contributed by atoms with Crippen molar-refractivity contribution in [1.29, 1.82) is 0 Å². The number of unbranched alkanes of at least 4 members (excludes halogenated alkanes) is 4. The first-order valence-corrected chi connectivity index (χ1v) is 22.1. The van der Waals surface area contributed by atoms with Crippen LogP contribution in [0.1, 0.15) is 56.6 Å². The molecule has 8 aromatic rings. The summed E-state index contributed by atoms with van der Waals surface area (Å²) in [5, 5.41) is 4.39. The van der Waals surface area contributed by atoms with Crippen molar-refractivity contribution in [1.82, 2.24) is 0 Å². The minimum atomic E-state index is -3.13. The molecule has 0 unspecified atom stereocenters. The van der Waals surface area contributed by atoms with Gasteiger partial charge < -0.3 is 9.47 Å². The number of aryl methyl sites for hydroxylation is 2. The molecule has 0 aromatic heterocycles. The lowest BCUT2D eigenvalue weighted by molar-refractivity contribution is -0.0527. The standard InChI is InChI=1S/C30H28F4O.C27H20F4O/c1-2-3-4-5-6-7-20-8-9-22-17-23(11-10-21(22)16-20)24-12-14-26(27(31)18-24)25-13-15-29(28(32)19-25)35-30(33)34;1-2-3-4-17-5-6-19-14-20(8-7-18(19)13-17)21-9-11-23(24(28)15-21)22-10-12-26(25(29)16-22)32-27(30)31/h8-19,30H,2-7H2,1H3;2,5-16,27H,1,3-4H2. The molecule has 0 atom stereocenters. The van der Waals surface area contributed by atoms with Crippen LogP contribution < -0.4 is 9.47 Å². The second-order valence-corrected chi connectivity index (χ2v) is 16.2. The third-order valence-corrected chi connectivity index (χ3v) is 11.5. The molecular weight excluding hydrogens is 869 g/mol. The first-order chi connectivity index (χ1) is 32.4. The van der Waals surface area contributed by atoms with Crippen LogP contribution in [0.2, 0.25) is 0 Å². The van der Waals surface area contributed by atoms with E-state index < -0.39 is 48.0 Å². The smallest absolute Gasteiger partial charge is 0.387 e. The second kappa shape index (κ2) is 22.5. The fourth-order valence-corrected chi connectivity index (χ4v) is 8.04. The zero-order valence-electron chi connectivity index (χ0n) is 36.8. The summed E-state index contributed by atoms with van der Waals surface area (Å²) in [5.74, 6) is -4.16. The van der Waals surface area contributed by atoms with Crippen LogP contribution >= 0.6 is 0 Å². The predicted octanol–water partition coefficient (Wildman–Crippen LogP) is 17.7. The number of rotatable bonds is 17. The summed E-state index contributed by atoms with van der Waals surface area (Å²) in [6, 6.07) is 41.0. The second-order valence-electron chi connectivity index (χ2n) is 16.2. The molecule has 0 fully saturated rings. The van der Waals surface area contributed by atoms with E-state index in [1.54, 1.807) is 24.3 Å². The SMILES string of the molecule is C=CCCc1ccc2cc(-c3ccc(-c4ccc(OC(F)F)c(F)c4)c(F)c3)ccc2c1.CCCCCCCc1ccc2cc(-c3ccc(-c4ccc(OC(F)F)c(F)c4)c(F)c3)ccc2c1. The highest BCUT2D eigenvalue weighted by atomic mass is 19.3. The fraction of sp³-hybridized carbons (Fsp3) is 0.193. The van der Waals surface area contributed by atoms with Gasteiger partial charge in [-0.2, -0.15) is 17.6 Å². The largest absolute Gasteiger partial charge is 0.432 e. The Bertz CT molecular complexity index is 2980. The van der Waals surface area contributed by atoms with Gasteiger partial charge in [-0.25, -0.2) is 17.6 Å². The Kier molecular flexibility index (Phi) is 16.1. The molecular formula is C57H48F8O2. The molecule has 0 saturated heterocycles. The first-order valence-electron chi connectivity index (χ1n) is 22.1. The number of hydrogen-bond donors (Lipinski definition) is 0. The molecule has 10 heteroatoms. The molecule has 0 heterocycles. The summed E-state index contributed by atoms with van der Waals surface area (Å²) < 4.78 is 115. The summed E-state index contributed by atoms with van der Waals surface area (Å²) in [7, 11) is 0. The Labute approximate surface area is 385 Å². The molecule has 0 saturated carbocycles. The molecule has 0 aliphatic rings. The average Bonchev–Trinajstić information content (AvgIpc) is 3.31. The molecule has 0 N–H and O–H groups in total. The zero-order chi connectivity index (χ0) is 47.5. The van der Waals surface area contributed by atoms with E-state index in [0.717, 1.165) is 76.2 Å². The predicted molar refractivity (Wildman–Crippen MR) is 254 cm³/mol. The number of fused-ring (bicyclic) bond motifs is 2. The van der Waals surface area contributed by atoms with Crippen LogP contribution in [0.25, 0.3) is 66.1 Å². The Morgan fingerprint density at radius 2 is 0.806 bits per heavy atom. The van der Waals surface area contributed by atoms with Crippen molar-refractivity contribution in [3.8, 4) is 56.0 Å². The van der Waals surface area contributed by atoms with E-state index >= 15 is 0 Å². The van der Waals surface area contributed by atoms with E-state index in [0.29, 0.717) is 11.1 Å². The molecule has 0 radical (unpaired) electrons. The van der Waals surface area contributed by atoms with E-state index in [1.165, 1.54) is 67.5 Å². The number of halogens is 8. The minimum absolute atomic E-state index is 0.170. The van der Waals surface area contributed by atoms with Crippen LogP contribution in [-0.2, 0) is 12.8 Å². The highest BCUT2D eigenvalue weighted by Crippen LogP contribution is 2.35. The molecule has 67 heavy (non-hydrogen) atoms. The van der Waals surface area contributed by atoms with Gasteiger partial charge in [-0.15, -0.1) is 6.58 Å². The van der Waals surface area contributed by atoms with Gasteiger partial charge in [-0.1, -0.05) is 136 Å². The maximum absolute atomic E-state index is 15.0. The van der Waals surface area contributed by atoms with Gasteiger partial charge in [0.2, 0.25) is 0 Å². The highest BCUT2D eigenvalue weighted by Gasteiger charge is 2.16. The topological polar surface area (TPSA) is 18.5 Å². The quantitative estimate of drug-likeness (QED) is 0.0515. The normalized spacial score (nSPS) is 11.3. The summed E-state index contributed by atoms with van der Waals surface area (Å²) in [5.41, 5.74) is 6.51. The zero-order valence-corrected chi connectivity index (χ0v) is 36.8. The van der Waals surface area contributed by atoms with Crippen LogP contribution in [0, 0.1) is 23.3 Å². The lowest BCUT2D eigenvalue weighted by Gasteiger charge is -2.10. The van der Waals surface area contributed by atoms with E-state index in [1.807, 2.05) is 48.5 Å². The number of alkyl halides is 4. The van der Waals surface area contributed by atoms with Crippen LogP contribution in [0.15, 0.2) is 158 Å². The Hall–Kier alpha value is -6.94. The van der Waals surface area contributed by atoms with Crippen LogP contribution in [0.5, 0.6) is 11.5 Å². The summed E-state index contributed by atoms with van der Waals surface area (Å²) in [6.07, 6.45) is 11.1. The van der Waals surface area contributed by atoms with Gasteiger partial charge in [0, 0.05) is 11.1 Å². The molecule has 0 bridgehead atoms. The van der Waals surface area contributed by atoms with E-state index in [4.69, 9.17) is 0 Å². The molecule has 0 aliphatic heterocycles. The van der Waals surface area contributed by atoms with Gasteiger partial charge in [0.05, 0.1) is 0 Å². The lowest BCUT2D eigenvalue weighted by atomic mass is 9.96. The Morgan fingerprint density at radius 1 is 0.418 bits per heavy atom. The highest BCUT2D eigenvalue weighted by molar-refractivity contribution is 5.89. The van der Waals surface area contributed by atoms with E-state index in [2.05, 4.69) is 53.3 Å². The minimum Gasteiger partial charge on any atom is -0.432 e. The molecule has 8 aromatic carbocycles. The maximum atomic E-state index is 15.0. The van der Waals surface area contributed by atoms with Crippen LogP contribution in [0.4, 0.5) is 35.1 Å². The molecule has 0 amide bonds. The van der Waals surface area contributed by atoms with Crippen LogP contribution in [-0.4, -0.2) is 13.2 Å². The van der Waals surface area contributed by atoms with Crippen molar-refractivity contribution in [2.75, 3.05) is 0 Å². The van der Waals surface area contributed by atoms with Crippen molar-refractivity contribution >= 4 is 21.5 Å². The number of benzene rings is 8. The van der Waals surface area contributed by atoms with E-state index in [-0.39, 0.29) is 22.3 Å². The summed E-state index contributed by atoms with van der Waals surface area (Å²) in [4.78, 5) is 0. The van der Waals surface area contributed by atoms with Crippen LogP contribution in [0.3, 0.4) is 0 Å². The van der Waals surface area contributed by atoms with Gasteiger partial charge >= 0.3 is 13.2 Å². The Morgan fingerprint density at radius 3 is 1.24 bits per heavy atom. The number of ether oxygens (including phenoxy) is 2. The monoisotopic (exact) mass is 916 g/mol. The number of hydrogen-bond acceptors (Lipinski definition) is 2. The third-order valence-electron chi connectivity index (χ3n) is 11.5. The van der Waals surface area contributed by atoms with Gasteiger partial charge in [-0.05, 0) is 140 Å². The molecule has 0 aliphatic carbocycles. The maximum Gasteiger partial charge on any atom is 0.387 e. The van der Waals surface area contributed by atoms with E-state index in [9.17, 15) is 35.1 Å². The molecule has 344 valence electrons. The van der Waals surface area contributed by atoms with Gasteiger partial charge in [0.1, 0.15) is 11.6 Å². The van der Waals surface area contributed by atoms with Crippen molar-refractivity contribution in [2.45, 2.75) is 71.5 Å². The number of allylic oxidation sites excluding steroid dienone is 1.